The van der Waals surface area contributed by atoms with Gasteiger partial charge in [-0.05, 0) is 36.5 Å². The minimum Gasteiger partial charge on any atom is -0.385 e. The highest BCUT2D eigenvalue weighted by atomic mass is 19.4. The Bertz CT molecular complexity index is 670. The number of carbonyl (C=O) groups is 1. The molecule has 2 rings (SSSR count). The van der Waals surface area contributed by atoms with Crippen molar-refractivity contribution in [2.45, 2.75) is 83.7 Å². The molecule has 0 aromatic heterocycles. The zero-order valence-electron chi connectivity index (χ0n) is 16.9. The molecule has 166 valence electrons. The van der Waals surface area contributed by atoms with Crippen LogP contribution in [0, 0.1) is 16.7 Å². The van der Waals surface area contributed by atoms with Crippen molar-refractivity contribution in [1.29, 1.82) is 0 Å². The highest BCUT2D eigenvalue weighted by Gasteiger charge is 2.51. The number of aliphatic hydroxyl groups is 1. The Labute approximate surface area is 167 Å². The van der Waals surface area contributed by atoms with Gasteiger partial charge in [-0.1, -0.05) is 44.6 Å². The molecule has 1 fully saturated rings. The number of ketones is 1. The lowest BCUT2D eigenvalue weighted by atomic mass is 9.60. The van der Waals surface area contributed by atoms with E-state index in [2.05, 4.69) is 0 Å². The molecule has 2 nitrogen and oxygen atoms in total. The van der Waals surface area contributed by atoms with Gasteiger partial charge in [0.05, 0.1) is 18.4 Å². The average molecular weight is 426 g/mol. The van der Waals surface area contributed by atoms with E-state index in [1.54, 1.807) is 0 Å². The van der Waals surface area contributed by atoms with Gasteiger partial charge in [-0.25, -0.2) is 0 Å². The third-order valence-corrected chi connectivity index (χ3v) is 6.25. The zero-order valence-corrected chi connectivity index (χ0v) is 16.9. The molecule has 2 aliphatic rings. The standard InChI is InChI=1S/C21H28F6O2/c1-17(2,16-8-7-14-15(28)6-4-10-18(14,16)3)9-5-11-19(29,12-20(22,23)24)13-21(25,26)27/h5,8,11,14,29H,4,6-7,9-10,12-13H2,1-3H3/b11-5-/t14-,18-/m0/s1. The molecule has 1 saturated carbocycles. The number of alkyl halides is 6. The number of allylic oxidation sites excluding steroid dienone is 3. The van der Waals surface area contributed by atoms with Crippen molar-refractivity contribution in [3.05, 3.63) is 23.8 Å². The van der Waals surface area contributed by atoms with Crippen LogP contribution in [0.3, 0.4) is 0 Å². The molecule has 0 aromatic carbocycles. The van der Waals surface area contributed by atoms with E-state index in [9.17, 15) is 36.2 Å². The summed E-state index contributed by atoms with van der Waals surface area (Å²) in [6.45, 7) is 5.74. The summed E-state index contributed by atoms with van der Waals surface area (Å²) in [5.74, 6) is 0.1000. The van der Waals surface area contributed by atoms with Gasteiger partial charge in [-0.3, -0.25) is 4.79 Å². The van der Waals surface area contributed by atoms with E-state index in [1.165, 1.54) is 6.08 Å². The number of Topliss-reactive ketones (excluding diaryl/α,β-unsaturated/α-hetero) is 1. The maximum Gasteiger partial charge on any atom is 0.392 e. The van der Waals surface area contributed by atoms with Gasteiger partial charge in [0.2, 0.25) is 0 Å². The van der Waals surface area contributed by atoms with Crippen LogP contribution in [0.15, 0.2) is 23.8 Å². The molecule has 0 heterocycles. The second-order valence-electron chi connectivity index (χ2n) is 9.32. The minimum atomic E-state index is -4.93. The van der Waals surface area contributed by atoms with Crippen molar-refractivity contribution in [2.75, 3.05) is 0 Å². The number of rotatable bonds is 6. The van der Waals surface area contributed by atoms with Crippen molar-refractivity contribution in [2.24, 2.45) is 16.7 Å². The Morgan fingerprint density at radius 1 is 1.14 bits per heavy atom. The number of carbonyl (C=O) groups excluding carboxylic acids is 1. The second-order valence-corrected chi connectivity index (χ2v) is 9.32. The van der Waals surface area contributed by atoms with E-state index in [0.29, 0.717) is 18.9 Å². The van der Waals surface area contributed by atoms with Crippen LogP contribution in [-0.4, -0.2) is 28.8 Å². The van der Waals surface area contributed by atoms with Gasteiger partial charge in [-0.15, -0.1) is 0 Å². The van der Waals surface area contributed by atoms with Crippen molar-refractivity contribution >= 4 is 5.78 Å². The van der Waals surface area contributed by atoms with Crippen molar-refractivity contribution in [1.82, 2.24) is 0 Å². The highest BCUT2D eigenvalue weighted by Crippen LogP contribution is 2.57. The SMILES string of the molecule is CC(C)(C/C=C\C(O)(CC(F)(F)F)CC(F)(F)F)C1=CC[C@H]2C(=O)CCC[C@]12C. The fraction of sp³-hybridized carbons (Fsp3) is 0.762. The first-order chi connectivity index (χ1) is 13.0. The van der Waals surface area contributed by atoms with Crippen molar-refractivity contribution in [3.63, 3.8) is 0 Å². The second kappa shape index (κ2) is 7.75. The molecule has 0 saturated heterocycles. The lowest BCUT2D eigenvalue weighted by molar-refractivity contribution is -0.204. The summed E-state index contributed by atoms with van der Waals surface area (Å²) in [5, 5.41) is 10.0. The predicted octanol–water partition coefficient (Wildman–Crippen LogP) is 6.30. The monoisotopic (exact) mass is 426 g/mol. The van der Waals surface area contributed by atoms with E-state index in [-0.39, 0.29) is 23.5 Å². The van der Waals surface area contributed by atoms with Gasteiger partial charge in [0, 0.05) is 12.3 Å². The Morgan fingerprint density at radius 3 is 2.21 bits per heavy atom. The Hall–Kier alpha value is -1.31. The van der Waals surface area contributed by atoms with Crippen LogP contribution in [0.2, 0.25) is 0 Å². The van der Waals surface area contributed by atoms with Crippen LogP contribution in [-0.2, 0) is 4.79 Å². The van der Waals surface area contributed by atoms with Crippen molar-refractivity contribution < 1.29 is 36.2 Å². The third kappa shape index (κ3) is 5.86. The van der Waals surface area contributed by atoms with E-state index in [0.717, 1.165) is 18.4 Å². The summed E-state index contributed by atoms with van der Waals surface area (Å²) < 4.78 is 76.2. The normalized spacial score (nSPS) is 26.8. The molecule has 0 spiro atoms. The molecule has 2 atom stereocenters. The summed E-state index contributed by atoms with van der Waals surface area (Å²) in [6, 6.07) is 0. The van der Waals surface area contributed by atoms with Crippen LogP contribution in [0.5, 0.6) is 0 Å². The van der Waals surface area contributed by atoms with Crippen LogP contribution in [0.4, 0.5) is 26.3 Å². The number of fused-ring (bicyclic) bond motifs is 1. The molecule has 0 radical (unpaired) electrons. The van der Waals surface area contributed by atoms with E-state index < -0.39 is 36.2 Å². The first-order valence-electron chi connectivity index (χ1n) is 9.75. The summed E-state index contributed by atoms with van der Waals surface area (Å²) in [7, 11) is 0. The van der Waals surface area contributed by atoms with Crippen LogP contribution in [0.25, 0.3) is 0 Å². The van der Waals surface area contributed by atoms with Crippen molar-refractivity contribution in [3.8, 4) is 0 Å². The molecule has 29 heavy (non-hydrogen) atoms. The Kier molecular flexibility index (Phi) is 6.40. The maximum atomic E-state index is 12.7. The van der Waals surface area contributed by atoms with Gasteiger partial charge in [0.1, 0.15) is 5.78 Å². The first kappa shape index (κ1) is 24.0. The smallest absolute Gasteiger partial charge is 0.385 e. The lowest BCUT2D eigenvalue weighted by Gasteiger charge is -2.43. The van der Waals surface area contributed by atoms with Crippen LogP contribution < -0.4 is 0 Å². The Morgan fingerprint density at radius 2 is 1.69 bits per heavy atom. The fourth-order valence-electron chi connectivity index (χ4n) is 5.12. The molecule has 1 N–H and O–H groups in total. The molecule has 0 aliphatic heterocycles. The van der Waals surface area contributed by atoms with E-state index in [1.807, 2.05) is 26.8 Å². The summed E-state index contributed by atoms with van der Waals surface area (Å²) >= 11 is 0. The summed E-state index contributed by atoms with van der Waals surface area (Å²) in [6.07, 6.45) is -7.04. The molecule has 0 bridgehead atoms. The molecule has 0 amide bonds. The molecule has 0 unspecified atom stereocenters. The van der Waals surface area contributed by atoms with Gasteiger partial charge in [-0.2, -0.15) is 26.3 Å². The summed E-state index contributed by atoms with van der Waals surface area (Å²) in [4.78, 5) is 12.3. The quantitative estimate of drug-likeness (QED) is 0.400. The fourth-order valence-corrected chi connectivity index (χ4v) is 5.12. The zero-order chi connectivity index (χ0) is 22.3. The van der Waals surface area contributed by atoms with Gasteiger partial charge in [0.15, 0.2) is 0 Å². The topological polar surface area (TPSA) is 37.3 Å². The molecule has 8 heteroatoms. The van der Waals surface area contributed by atoms with Crippen LogP contribution in [0.1, 0.15) is 65.7 Å². The van der Waals surface area contributed by atoms with Gasteiger partial charge in [0.25, 0.3) is 0 Å². The first-order valence-corrected chi connectivity index (χ1v) is 9.75. The minimum absolute atomic E-state index is 0.109. The Balaban J connectivity index is 2.18. The average Bonchev–Trinajstić information content (AvgIpc) is 2.81. The maximum absolute atomic E-state index is 12.7. The van der Waals surface area contributed by atoms with Gasteiger partial charge < -0.3 is 5.11 Å². The summed E-state index contributed by atoms with van der Waals surface area (Å²) in [5.41, 5.74) is -2.91. The number of hydrogen-bond acceptors (Lipinski definition) is 2. The van der Waals surface area contributed by atoms with Crippen LogP contribution >= 0.6 is 0 Å². The molecule has 2 aliphatic carbocycles. The lowest BCUT2D eigenvalue weighted by Crippen LogP contribution is -2.39. The third-order valence-electron chi connectivity index (χ3n) is 6.25. The van der Waals surface area contributed by atoms with Gasteiger partial charge >= 0.3 is 12.4 Å². The molecular weight excluding hydrogens is 398 g/mol. The largest absolute Gasteiger partial charge is 0.392 e. The number of halogens is 6. The highest BCUT2D eigenvalue weighted by molar-refractivity contribution is 5.84. The molecular formula is C21H28F6O2. The predicted molar refractivity (Wildman–Crippen MR) is 97.0 cm³/mol. The number of hydrogen-bond donors (Lipinski definition) is 1. The van der Waals surface area contributed by atoms with E-state index >= 15 is 0 Å². The van der Waals surface area contributed by atoms with E-state index in [4.69, 9.17) is 0 Å². The molecule has 0 aromatic rings.